The Bertz CT molecular complexity index is 1340. The highest BCUT2D eigenvalue weighted by Gasteiger charge is 2.28. The number of hydrogen-bond donors (Lipinski definition) is 1. The van der Waals surface area contributed by atoms with Crippen LogP contribution in [0.15, 0.2) is 57.9 Å². The first-order valence-electron chi connectivity index (χ1n) is 13.1. The molecular weight excluding hydrogens is 509 g/mol. The second-order valence-electron chi connectivity index (χ2n) is 9.92. The number of hydrogen-bond acceptors (Lipinski definition) is 7. The Morgan fingerprint density at radius 2 is 1.68 bits per heavy atom. The molecule has 3 heterocycles. The van der Waals surface area contributed by atoms with Crippen LogP contribution in [0.1, 0.15) is 44.4 Å². The van der Waals surface area contributed by atoms with Crippen molar-refractivity contribution in [2.45, 2.75) is 50.0 Å². The van der Waals surface area contributed by atoms with Crippen molar-refractivity contribution in [2.75, 3.05) is 31.5 Å². The summed E-state index contributed by atoms with van der Waals surface area (Å²) >= 11 is 0. The molecule has 1 unspecified atom stereocenters. The van der Waals surface area contributed by atoms with E-state index in [0.29, 0.717) is 49.1 Å². The van der Waals surface area contributed by atoms with Gasteiger partial charge in [-0.3, -0.25) is 9.69 Å². The lowest BCUT2D eigenvalue weighted by Crippen LogP contribution is -2.40. The maximum Gasteiger partial charge on any atom is 0.243 e. The number of rotatable bonds is 7. The lowest BCUT2D eigenvalue weighted by atomic mass is 9.97. The summed E-state index contributed by atoms with van der Waals surface area (Å²) in [7, 11) is -3.53. The molecule has 1 amide bonds. The minimum atomic E-state index is -3.53. The summed E-state index contributed by atoms with van der Waals surface area (Å²) in [6, 6.07) is 12.3. The fourth-order valence-corrected chi connectivity index (χ4v) is 6.54. The van der Waals surface area contributed by atoms with Gasteiger partial charge in [-0.15, -0.1) is 0 Å². The predicted octanol–water partition coefficient (Wildman–Crippen LogP) is 4.29. The summed E-state index contributed by atoms with van der Waals surface area (Å²) in [5.41, 5.74) is 1.24. The average molecular weight is 542 g/mol. The fraction of sp³-hybridized carbons (Fsp3) is 0.444. The normalized spacial score (nSPS) is 19.7. The molecule has 1 aromatic heterocycles. The highest BCUT2D eigenvalue weighted by Crippen LogP contribution is 2.24. The van der Waals surface area contributed by atoms with E-state index in [4.69, 9.17) is 4.52 Å². The van der Waals surface area contributed by atoms with Crippen LogP contribution in [0, 0.1) is 11.7 Å². The Labute approximate surface area is 222 Å². The number of amides is 1. The van der Waals surface area contributed by atoms with Gasteiger partial charge in [0, 0.05) is 30.9 Å². The number of nitrogens with zero attached hydrogens (tertiary/aromatic N) is 4. The first kappa shape index (κ1) is 26.5. The van der Waals surface area contributed by atoms with Gasteiger partial charge in [-0.2, -0.15) is 9.29 Å². The van der Waals surface area contributed by atoms with Crippen molar-refractivity contribution in [1.29, 1.82) is 0 Å². The molecule has 2 aromatic carbocycles. The van der Waals surface area contributed by atoms with Gasteiger partial charge in [0.25, 0.3) is 0 Å². The van der Waals surface area contributed by atoms with Crippen LogP contribution in [0.4, 0.5) is 10.1 Å². The Morgan fingerprint density at radius 1 is 0.974 bits per heavy atom. The molecule has 0 aliphatic carbocycles. The van der Waals surface area contributed by atoms with Crippen molar-refractivity contribution in [2.24, 2.45) is 5.92 Å². The summed E-state index contributed by atoms with van der Waals surface area (Å²) < 4.78 is 46.1. The van der Waals surface area contributed by atoms with Gasteiger partial charge in [-0.05, 0) is 80.8 Å². The van der Waals surface area contributed by atoms with E-state index >= 15 is 0 Å². The molecule has 38 heavy (non-hydrogen) atoms. The summed E-state index contributed by atoms with van der Waals surface area (Å²) in [6.07, 6.45) is 5.49. The number of piperidine rings is 1. The highest BCUT2D eigenvalue weighted by atomic mass is 32.2. The molecule has 5 rings (SSSR count). The predicted molar refractivity (Wildman–Crippen MR) is 140 cm³/mol. The fourth-order valence-electron chi connectivity index (χ4n) is 5.03. The van der Waals surface area contributed by atoms with Crippen molar-refractivity contribution in [3.05, 3.63) is 60.2 Å². The molecule has 2 aliphatic heterocycles. The molecule has 0 bridgehead atoms. The monoisotopic (exact) mass is 541 g/mol. The third-order valence-electron chi connectivity index (χ3n) is 7.13. The molecule has 3 aromatic rings. The molecule has 202 valence electrons. The van der Waals surface area contributed by atoms with Gasteiger partial charge in [-0.25, -0.2) is 12.8 Å². The van der Waals surface area contributed by atoms with Gasteiger partial charge in [-0.1, -0.05) is 18.0 Å². The van der Waals surface area contributed by atoms with Crippen LogP contribution in [-0.2, 0) is 21.4 Å². The van der Waals surface area contributed by atoms with Gasteiger partial charge >= 0.3 is 0 Å². The minimum absolute atomic E-state index is 0.102. The Morgan fingerprint density at radius 3 is 2.39 bits per heavy atom. The summed E-state index contributed by atoms with van der Waals surface area (Å²) in [5, 5.41) is 6.93. The second-order valence-corrected chi connectivity index (χ2v) is 11.9. The van der Waals surface area contributed by atoms with E-state index in [1.165, 1.54) is 12.1 Å². The number of carbonyl (C=O) groups is 1. The van der Waals surface area contributed by atoms with E-state index in [0.717, 1.165) is 45.1 Å². The number of anilines is 1. The zero-order valence-electron chi connectivity index (χ0n) is 21.2. The topological polar surface area (TPSA) is 109 Å². The standard InChI is InChI=1S/C27H32FN5O4S/c28-22-9-7-20(8-10-22)26-30-25(37-31-26)19-32-15-5-6-21(18-32)27(34)29-23-11-13-24(14-12-23)38(35,36)33-16-3-1-2-4-17-33/h7-14,21H,1-6,15-19H2,(H,29,34). The van der Waals surface area contributed by atoms with Gasteiger partial charge in [0.15, 0.2) is 0 Å². The molecule has 0 spiro atoms. The summed E-state index contributed by atoms with van der Waals surface area (Å²) in [4.78, 5) is 19.8. The Kier molecular flexibility index (Phi) is 8.15. The van der Waals surface area contributed by atoms with Gasteiger partial charge in [0.1, 0.15) is 5.82 Å². The molecule has 0 radical (unpaired) electrons. The maximum absolute atomic E-state index is 13.2. The quantitative estimate of drug-likeness (QED) is 0.475. The number of sulfonamides is 1. The largest absolute Gasteiger partial charge is 0.338 e. The van der Waals surface area contributed by atoms with Gasteiger partial charge in [0.05, 0.1) is 17.4 Å². The molecule has 1 atom stereocenters. The Balaban J connectivity index is 1.16. The number of aromatic nitrogens is 2. The third-order valence-corrected chi connectivity index (χ3v) is 9.04. The van der Waals surface area contributed by atoms with E-state index in [-0.39, 0.29) is 22.5 Å². The number of nitrogens with one attached hydrogen (secondary N) is 1. The van der Waals surface area contributed by atoms with Crippen molar-refractivity contribution in [1.82, 2.24) is 19.3 Å². The zero-order valence-corrected chi connectivity index (χ0v) is 22.0. The smallest absolute Gasteiger partial charge is 0.243 e. The minimum Gasteiger partial charge on any atom is -0.338 e. The van der Waals surface area contributed by atoms with Crippen LogP contribution >= 0.6 is 0 Å². The molecule has 2 saturated heterocycles. The SMILES string of the molecule is O=C(Nc1ccc(S(=O)(=O)N2CCCCCC2)cc1)C1CCCN(Cc2nc(-c3ccc(F)cc3)no2)C1. The molecule has 11 heteroatoms. The van der Waals surface area contributed by atoms with Crippen molar-refractivity contribution in [3.8, 4) is 11.4 Å². The first-order valence-corrected chi connectivity index (χ1v) is 14.5. The number of halogens is 1. The van der Waals surface area contributed by atoms with E-state index in [2.05, 4.69) is 20.4 Å². The van der Waals surface area contributed by atoms with Crippen LogP contribution in [0.5, 0.6) is 0 Å². The second kappa shape index (κ2) is 11.7. The van der Waals surface area contributed by atoms with Crippen LogP contribution in [0.2, 0.25) is 0 Å². The van der Waals surface area contributed by atoms with Crippen LogP contribution in [0.25, 0.3) is 11.4 Å². The van der Waals surface area contributed by atoms with Gasteiger partial charge < -0.3 is 9.84 Å². The van der Waals surface area contributed by atoms with E-state index < -0.39 is 10.0 Å². The summed E-state index contributed by atoms with van der Waals surface area (Å²) in [6.45, 7) is 2.87. The summed E-state index contributed by atoms with van der Waals surface area (Å²) in [5.74, 6) is 0.183. The molecular formula is C27H32FN5O4S. The first-order chi connectivity index (χ1) is 18.4. The van der Waals surface area contributed by atoms with Crippen molar-refractivity contribution in [3.63, 3.8) is 0 Å². The zero-order chi connectivity index (χ0) is 26.5. The third kappa shape index (κ3) is 6.28. The Hall–Kier alpha value is -3.15. The van der Waals surface area contributed by atoms with Crippen LogP contribution < -0.4 is 5.32 Å². The van der Waals surface area contributed by atoms with Crippen LogP contribution in [0.3, 0.4) is 0 Å². The van der Waals surface area contributed by atoms with Crippen molar-refractivity contribution < 1.29 is 22.1 Å². The van der Waals surface area contributed by atoms with Gasteiger partial charge in [0.2, 0.25) is 27.6 Å². The van der Waals surface area contributed by atoms with E-state index in [9.17, 15) is 17.6 Å². The molecule has 0 saturated carbocycles. The highest BCUT2D eigenvalue weighted by molar-refractivity contribution is 7.89. The maximum atomic E-state index is 13.2. The lowest BCUT2D eigenvalue weighted by Gasteiger charge is -2.30. The molecule has 2 aliphatic rings. The number of benzene rings is 2. The molecule has 2 fully saturated rings. The van der Waals surface area contributed by atoms with Crippen LogP contribution in [-0.4, -0.2) is 59.8 Å². The van der Waals surface area contributed by atoms with E-state index in [1.54, 1.807) is 40.7 Å². The number of carbonyl (C=O) groups excluding carboxylic acids is 1. The molecule has 1 N–H and O–H groups in total. The molecule has 9 nitrogen and oxygen atoms in total. The lowest BCUT2D eigenvalue weighted by molar-refractivity contribution is -0.121. The van der Waals surface area contributed by atoms with E-state index in [1.807, 2.05) is 0 Å². The number of likely N-dealkylation sites (tertiary alicyclic amines) is 1. The average Bonchev–Trinajstić information content (AvgIpc) is 3.20. The van der Waals surface area contributed by atoms with Crippen molar-refractivity contribution >= 4 is 21.6 Å².